The van der Waals surface area contributed by atoms with Crippen LogP contribution in [0.3, 0.4) is 0 Å². The lowest BCUT2D eigenvalue weighted by Crippen LogP contribution is -2.46. The Kier molecular flexibility index (Phi) is 4.12. The topological polar surface area (TPSA) is 50.2 Å². The molecule has 1 N–H and O–H groups in total. The molecule has 0 aromatic carbocycles. The average molecular weight is 316 g/mol. The van der Waals surface area contributed by atoms with Gasteiger partial charge in [-0.15, -0.1) is 0 Å². The lowest BCUT2D eigenvalue weighted by Gasteiger charge is -2.26. The molecular formula is C14H19F3N4O. The smallest absolute Gasteiger partial charge is 0.287 e. The highest BCUT2D eigenvalue weighted by Crippen LogP contribution is 2.42. The van der Waals surface area contributed by atoms with Crippen LogP contribution in [0.25, 0.3) is 0 Å². The van der Waals surface area contributed by atoms with E-state index >= 15 is 0 Å². The molecule has 1 aliphatic heterocycles. The molecule has 0 bridgehead atoms. The first-order valence-corrected chi connectivity index (χ1v) is 7.63. The second-order valence-electron chi connectivity index (χ2n) is 5.97. The van der Waals surface area contributed by atoms with Gasteiger partial charge in [0.1, 0.15) is 6.54 Å². The van der Waals surface area contributed by atoms with E-state index in [1.165, 1.54) is 4.68 Å². The van der Waals surface area contributed by atoms with Crippen molar-refractivity contribution in [3.8, 4) is 0 Å². The normalized spacial score (nSPS) is 20.1. The van der Waals surface area contributed by atoms with Crippen molar-refractivity contribution in [2.75, 3.05) is 13.1 Å². The number of hydrogen-bond acceptors (Lipinski definition) is 3. The molecule has 22 heavy (non-hydrogen) atoms. The van der Waals surface area contributed by atoms with Crippen LogP contribution >= 0.6 is 0 Å². The maximum atomic E-state index is 12.8. The zero-order valence-corrected chi connectivity index (χ0v) is 12.2. The maximum Gasteiger partial charge on any atom is 0.435 e. The first kappa shape index (κ1) is 15.3. The summed E-state index contributed by atoms with van der Waals surface area (Å²) < 4.78 is 39.6. The van der Waals surface area contributed by atoms with Gasteiger partial charge in [-0.25, -0.2) is 5.01 Å². The van der Waals surface area contributed by atoms with E-state index in [-0.39, 0.29) is 18.4 Å². The van der Waals surface area contributed by atoms with Crippen molar-refractivity contribution >= 4 is 5.91 Å². The zero-order valence-electron chi connectivity index (χ0n) is 12.2. The molecule has 2 aliphatic rings. The van der Waals surface area contributed by atoms with Gasteiger partial charge in [0.05, 0.1) is 0 Å². The third-order valence-corrected chi connectivity index (χ3v) is 4.03. The second kappa shape index (κ2) is 5.91. The summed E-state index contributed by atoms with van der Waals surface area (Å²) in [5.74, 6) is -0.216. The number of hydrogen-bond donors (Lipinski definition) is 1. The van der Waals surface area contributed by atoms with E-state index in [2.05, 4.69) is 10.5 Å². The third kappa shape index (κ3) is 3.60. The Bertz CT molecular complexity index is 545. The Morgan fingerprint density at radius 2 is 1.95 bits per heavy atom. The molecule has 3 rings (SSSR count). The largest absolute Gasteiger partial charge is 0.435 e. The van der Waals surface area contributed by atoms with Gasteiger partial charge in [0, 0.05) is 24.7 Å². The minimum Gasteiger partial charge on any atom is -0.287 e. The van der Waals surface area contributed by atoms with E-state index in [1.54, 1.807) is 0 Å². The van der Waals surface area contributed by atoms with Crippen molar-refractivity contribution in [1.29, 1.82) is 0 Å². The fraction of sp³-hybridized carbons (Fsp3) is 0.714. The van der Waals surface area contributed by atoms with Gasteiger partial charge >= 0.3 is 6.18 Å². The number of carbonyl (C=O) groups is 1. The minimum absolute atomic E-state index is 0.103. The Balaban J connectivity index is 1.68. The SMILES string of the molecule is O=C(Cn1nc(C(F)(F)F)cc1C1CC1)NN1CCCCC1. The summed E-state index contributed by atoms with van der Waals surface area (Å²) in [7, 11) is 0. The predicted octanol–water partition coefficient (Wildman–Crippen LogP) is 2.30. The van der Waals surface area contributed by atoms with E-state index in [1.807, 2.05) is 5.01 Å². The zero-order chi connectivity index (χ0) is 15.7. The Morgan fingerprint density at radius 3 is 2.55 bits per heavy atom. The Labute approximate surface area is 126 Å². The molecule has 0 unspecified atom stereocenters. The maximum absolute atomic E-state index is 12.8. The van der Waals surface area contributed by atoms with E-state index in [0.717, 1.165) is 51.3 Å². The van der Waals surface area contributed by atoms with Crippen LogP contribution in [0.5, 0.6) is 0 Å². The van der Waals surface area contributed by atoms with Crippen LogP contribution in [-0.4, -0.2) is 33.8 Å². The highest BCUT2D eigenvalue weighted by Gasteiger charge is 2.38. The summed E-state index contributed by atoms with van der Waals surface area (Å²) in [5, 5.41) is 5.42. The molecule has 5 nitrogen and oxygen atoms in total. The van der Waals surface area contributed by atoms with Crippen LogP contribution in [0.2, 0.25) is 0 Å². The summed E-state index contributed by atoms with van der Waals surface area (Å²) in [6, 6.07) is 1.08. The van der Waals surface area contributed by atoms with Gasteiger partial charge in [-0.2, -0.15) is 18.3 Å². The monoisotopic (exact) mass is 316 g/mol. The molecule has 1 aromatic heterocycles. The van der Waals surface area contributed by atoms with Gasteiger partial charge in [0.2, 0.25) is 0 Å². The molecule has 1 saturated heterocycles. The molecule has 2 fully saturated rings. The van der Waals surface area contributed by atoms with Gasteiger partial charge in [0.25, 0.3) is 5.91 Å². The summed E-state index contributed by atoms with van der Waals surface area (Å²) in [6.07, 6.45) is 0.430. The lowest BCUT2D eigenvalue weighted by molar-refractivity contribution is -0.142. The highest BCUT2D eigenvalue weighted by atomic mass is 19.4. The van der Waals surface area contributed by atoms with Crippen LogP contribution in [0.4, 0.5) is 13.2 Å². The molecular weight excluding hydrogens is 297 g/mol. The van der Waals surface area contributed by atoms with Crippen molar-refractivity contribution in [2.24, 2.45) is 0 Å². The van der Waals surface area contributed by atoms with Crippen LogP contribution in [-0.2, 0) is 17.5 Å². The van der Waals surface area contributed by atoms with Crippen molar-refractivity contribution in [3.05, 3.63) is 17.5 Å². The summed E-state index contributed by atoms with van der Waals surface area (Å²) in [4.78, 5) is 12.0. The number of nitrogens with one attached hydrogen (secondary N) is 1. The van der Waals surface area contributed by atoms with Crippen molar-refractivity contribution in [2.45, 2.75) is 50.7 Å². The first-order valence-electron chi connectivity index (χ1n) is 7.63. The van der Waals surface area contributed by atoms with Gasteiger partial charge < -0.3 is 0 Å². The molecule has 1 aromatic rings. The number of hydrazine groups is 1. The highest BCUT2D eigenvalue weighted by molar-refractivity contribution is 5.75. The summed E-state index contributed by atoms with van der Waals surface area (Å²) in [5.41, 5.74) is 2.35. The summed E-state index contributed by atoms with van der Waals surface area (Å²) in [6.45, 7) is 1.40. The van der Waals surface area contributed by atoms with Crippen LogP contribution in [0, 0.1) is 0 Å². The van der Waals surface area contributed by atoms with E-state index in [4.69, 9.17) is 0 Å². The van der Waals surface area contributed by atoms with Gasteiger partial charge in [-0.1, -0.05) is 6.42 Å². The standard InChI is InChI=1S/C14H19F3N4O/c15-14(16,17)12-8-11(10-4-5-10)21(18-12)9-13(22)19-20-6-2-1-3-7-20/h8,10H,1-7,9H2,(H,19,22). The number of amides is 1. The second-order valence-corrected chi connectivity index (χ2v) is 5.97. The number of aromatic nitrogens is 2. The average Bonchev–Trinajstić information content (AvgIpc) is 3.20. The van der Waals surface area contributed by atoms with Crippen LogP contribution in [0.15, 0.2) is 6.07 Å². The predicted molar refractivity (Wildman–Crippen MR) is 72.8 cm³/mol. The fourth-order valence-electron chi connectivity index (χ4n) is 2.76. The molecule has 1 saturated carbocycles. The molecule has 1 amide bonds. The van der Waals surface area contributed by atoms with Crippen molar-refractivity contribution in [3.63, 3.8) is 0 Å². The molecule has 122 valence electrons. The van der Waals surface area contributed by atoms with E-state index in [0.29, 0.717) is 5.69 Å². The van der Waals surface area contributed by atoms with Crippen LogP contribution < -0.4 is 5.43 Å². The number of halogens is 3. The molecule has 2 heterocycles. The number of piperidine rings is 1. The molecule has 0 spiro atoms. The molecule has 0 atom stereocenters. The number of rotatable bonds is 4. The number of nitrogens with zero attached hydrogens (tertiary/aromatic N) is 3. The van der Waals surface area contributed by atoms with Crippen LogP contribution in [0.1, 0.15) is 49.4 Å². The Hall–Kier alpha value is -1.57. The third-order valence-electron chi connectivity index (χ3n) is 4.03. The van der Waals surface area contributed by atoms with Gasteiger partial charge in [-0.3, -0.25) is 14.9 Å². The summed E-state index contributed by atoms with van der Waals surface area (Å²) >= 11 is 0. The molecule has 0 radical (unpaired) electrons. The van der Waals surface area contributed by atoms with Gasteiger partial charge in [0.15, 0.2) is 5.69 Å². The quantitative estimate of drug-likeness (QED) is 0.927. The first-order chi connectivity index (χ1) is 10.4. The number of alkyl halides is 3. The van der Waals surface area contributed by atoms with E-state index in [9.17, 15) is 18.0 Å². The fourth-order valence-corrected chi connectivity index (χ4v) is 2.76. The van der Waals surface area contributed by atoms with Crippen molar-refractivity contribution in [1.82, 2.24) is 20.2 Å². The van der Waals surface area contributed by atoms with E-state index < -0.39 is 11.9 Å². The number of carbonyl (C=O) groups excluding carboxylic acids is 1. The minimum atomic E-state index is -4.47. The lowest BCUT2D eigenvalue weighted by atomic mass is 10.2. The van der Waals surface area contributed by atoms with Crippen molar-refractivity contribution < 1.29 is 18.0 Å². The Morgan fingerprint density at radius 1 is 1.27 bits per heavy atom. The molecule has 8 heteroatoms. The van der Waals surface area contributed by atoms with Gasteiger partial charge in [-0.05, 0) is 31.7 Å². The molecule has 1 aliphatic carbocycles.